The summed E-state index contributed by atoms with van der Waals surface area (Å²) in [5, 5.41) is 13.4. The number of hydrogen-bond donors (Lipinski definition) is 3. The number of hydrogen-bond acceptors (Lipinski definition) is 8. The Morgan fingerprint density at radius 1 is 1.12 bits per heavy atom. The van der Waals surface area contributed by atoms with Gasteiger partial charge in [-0.3, -0.25) is 0 Å². The fourth-order valence-electron chi connectivity index (χ4n) is 4.39. The molecule has 0 spiro atoms. The van der Waals surface area contributed by atoms with Crippen LogP contribution in [0.15, 0.2) is 18.2 Å². The van der Waals surface area contributed by atoms with Crippen molar-refractivity contribution in [2.24, 2.45) is 0 Å². The number of nitrogens with one attached hydrogen (secondary N) is 2. The van der Waals surface area contributed by atoms with Gasteiger partial charge in [0.05, 0.1) is 24.5 Å². The topological polar surface area (TPSA) is 129 Å². The fourth-order valence-corrected chi connectivity index (χ4v) is 4.39. The molecule has 16 heteroatoms. The summed E-state index contributed by atoms with van der Waals surface area (Å²) in [6.07, 6.45) is -3.28. The van der Waals surface area contributed by atoms with Crippen molar-refractivity contribution in [1.29, 1.82) is 0 Å². The molecule has 1 saturated heterocycles. The Bertz CT molecular complexity index is 1260. The maximum atomic E-state index is 14.0. The van der Waals surface area contributed by atoms with Crippen LogP contribution in [-0.4, -0.2) is 90.2 Å². The number of anilines is 2. The molecule has 2 aliphatic heterocycles. The molecule has 43 heavy (non-hydrogen) atoms. The summed E-state index contributed by atoms with van der Waals surface area (Å²) in [5.74, 6) is -2.53. The molecule has 238 valence electrons. The van der Waals surface area contributed by atoms with E-state index in [4.69, 9.17) is 29.3 Å². The summed E-state index contributed by atoms with van der Waals surface area (Å²) >= 11 is 0. The smallest absolute Gasteiger partial charge is 0.487 e. The molecule has 0 bridgehead atoms. The van der Waals surface area contributed by atoms with E-state index >= 15 is 0 Å². The van der Waals surface area contributed by atoms with Crippen molar-refractivity contribution in [2.75, 3.05) is 50.1 Å². The SMILES string of the molecule is COCCNC(=O)N1CCc2nc(N3CCC(Oc4ccc(F)cc4F)CC3)c(NC(C)C)nc2C1.O=C(O)C(F)(F)F. The highest BCUT2D eigenvalue weighted by Gasteiger charge is 2.38. The first-order chi connectivity index (χ1) is 20.3. The number of nitrogens with zero attached hydrogens (tertiary/aromatic N) is 4. The van der Waals surface area contributed by atoms with Crippen LogP contribution in [0.3, 0.4) is 0 Å². The van der Waals surface area contributed by atoms with Crippen molar-refractivity contribution in [1.82, 2.24) is 20.2 Å². The molecule has 2 aromatic rings. The molecule has 0 saturated carbocycles. The molecule has 2 aliphatic rings. The lowest BCUT2D eigenvalue weighted by atomic mass is 10.1. The van der Waals surface area contributed by atoms with Crippen molar-refractivity contribution in [3.05, 3.63) is 41.2 Å². The molecule has 1 aromatic heterocycles. The van der Waals surface area contributed by atoms with Crippen LogP contribution in [0.4, 0.5) is 38.4 Å². The zero-order chi connectivity index (χ0) is 31.7. The number of fused-ring (bicyclic) bond motifs is 1. The van der Waals surface area contributed by atoms with Crippen molar-refractivity contribution in [3.63, 3.8) is 0 Å². The quantitative estimate of drug-likeness (QED) is 0.297. The fraction of sp³-hybridized carbons (Fsp3) is 0.556. The number of carboxylic acid groups (broad SMARTS) is 1. The molecule has 4 rings (SSSR count). The molecule has 11 nitrogen and oxygen atoms in total. The number of alkyl halides is 3. The molecular formula is C27H35F5N6O5. The lowest BCUT2D eigenvalue weighted by Crippen LogP contribution is -2.44. The van der Waals surface area contributed by atoms with E-state index < -0.39 is 23.8 Å². The lowest BCUT2D eigenvalue weighted by Gasteiger charge is -2.35. The second-order valence-electron chi connectivity index (χ2n) is 10.2. The zero-order valence-corrected chi connectivity index (χ0v) is 24.0. The second-order valence-corrected chi connectivity index (χ2v) is 10.2. The maximum absolute atomic E-state index is 14.0. The van der Waals surface area contributed by atoms with Gasteiger partial charge in [-0.15, -0.1) is 0 Å². The van der Waals surface area contributed by atoms with Crippen LogP contribution in [0.1, 0.15) is 38.1 Å². The highest BCUT2D eigenvalue weighted by atomic mass is 19.4. The Hall–Kier alpha value is -3.95. The van der Waals surface area contributed by atoms with Crippen LogP contribution in [0.5, 0.6) is 5.75 Å². The third-order valence-electron chi connectivity index (χ3n) is 6.46. The van der Waals surface area contributed by atoms with Gasteiger partial charge < -0.3 is 35.0 Å². The number of carboxylic acids is 1. The third-order valence-corrected chi connectivity index (χ3v) is 6.46. The van der Waals surface area contributed by atoms with Gasteiger partial charge in [0.15, 0.2) is 23.2 Å². The van der Waals surface area contributed by atoms with Crippen LogP contribution in [0.25, 0.3) is 0 Å². The molecule has 0 unspecified atom stereocenters. The molecule has 0 aliphatic carbocycles. The average Bonchev–Trinajstić information content (AvgIpc) is 2.94. The van der Waals surface area contributed by atoms with Crippen LogP contribution < -0.4 is 20.3 Å². The number of aromatic nitrogens is 2. The van der Waals surface area contributed by atoms with Crippen molar-refractivity contribution in [2.45, 2.75) is 58.0 Å². The minimum absolute atomic E-state index is 0.0707. The van der Waals surface area contributed by atoms with E-state index in [2.05, 4.69) is 15.5 Å². The Morgan fingerprint density at radius 2 is 1.79 bits per heavy atom. The van der Waals surface area contributed by atoms with Gasteiger partial charge in [-0.1, -0.05) is 0 Å². The zero-order valence-electron chi connectivity index (χ0n) is 24.0. The lowest BCUT2D eigenvalue weighted by molar-refractivity contribution is -0.192. The highest BCUT2D eigenvalue weighted by molar-refractivity contribution is 5.74. The van der Waals surface area contributed by atoms with Crippen LogP contribution in [0, 0.1) is 11.6 Å². The Labute approximate surface area is 245 Å². The Balaban J connectivity index is 0.000000646. The predicted octanol–water partition coefficient (Wildman–Crippen LogP) is 3.97. The van der Waals surface area contributed by atoms with Crippen LogP contribution >= 0.6 is 0 Å². The summed E-state index contributed by atoms with van der Waals surface area (Å²) in [6.45, 7) is 7.29. The van der Waals surface area contributed by atoms with Gasteiger partial charge in [0, 0.05) is 64.7 Å². The number of carbonyl (C=O) groups excluding carboxylic acids is 1. The van der Waals surface area contributed by atoms with E-state index in [9.17, 15) is 26.7 Å². The van der Waals surface area contributed by atoms with Gasteiger partial charge in [-0.2, -0.15) is 13.2 Å². The molecule has 3 N–H and O–H groups in total. The number of urea groups is 1. The van der Waals surface area contributed by atoms with Gasteiger partial charge >= 0.3 is 18.2 Å². The summed E-state index contributed by atoms with van der Waals surface area (Å²) in [5.41, 5.74) is 1.69. The maximum Gasteiger partial charge on any atom is 0.490 e. The van der Waals surface area contributed by atoms with Gasteiger partial charge in [0.25, 0.3) is 0 Å². The number of piperidine rings is 1. The summed E-state index contributed by atoms with van der Waals surface area (Å²) in [4.78, 5) is 35.2. The van der Waals surface area contributed by atoms with E-state index in [0.29, 0.717) is 64.4 Å². The molecule has 0 atom stereocenters. The molecule has 2 amide bonds. The van der Waals surface area contributed by atoms with Crippen molar-refractivity contribution in [3.8, 4) is 5.75 Å². The first-order valence-electron chi connectivity index (χ1n) is 13.6. The number of amides is 2. The number of rotatable bonds is 8. The van der Waals surface area contributed by atoms with E-state index in [1.807, 2.05) is 13.8 Å². The monoisotopic (exact) mass is 618 g/mol. The number of benzene rings is 1. The molecule has 1 aromatic carbocycles. The van der Waals surface area contributed by atoms with Crippen LogP contribution in [-0.2, 0) is 22.5 Å². The second kappa shape index (κ2) is 15.0. The molecule has 1 fully saturated rings. The van der Waals surface area contributed by atoms with E-state index in [0.717, 1.165) is 23.3 Å². The third kappa shape index (κ3) is 9.80. The van der Waals surface area contributed by atoms with Gasteiger partial charge in [0.1, 0.15) is 11.9 Å². The van der Waals surface area contributed by atoms with Crippen molar-refractivity contribution < 1.29 is 46.1 Å². The van der Waals surface area contributed by atoms with E-state index in [1.165, 1.54) is 12.1 Å². The van der Waals surface area contributed by atoms with E-state index in [1.54, 1.807) is 12.0 Å². The first kappa shape index (κ1) is 33.6. The van der Waals surface area contributed by atoms with E-state index in [-0.39, 0.29) is 23.9 Å². The number of methoxy groups -OCH3 is 1. The average molecular weight is 619 g/mol. The Kier molecular flexibility index (Phi) is 11.7. The normalized spacial score (nSPS) is 15.4. The minimum atomic E-state index is -5.08. The standard InChI is InChI=1S/C25H34F2N6O3.C2HF3O2/c1-16(2)29-23-24(31-20-8-12-33(15-21(20)30-23)25(34)28-9-13-35-3)32-10-6-18(7-11-32)36-22-5-4-17(26)14-19(22)27;3-2(4,5)1(6)7/h4-5,14,16,18H,6-13,15H2,1-3H3,(H,28,34)(H,29,30);(H,6,7). The largest absolute Gasteiger partial charge is 0.490 e. The van der Waals surface area contributed by atoms with Crippen molar-refractivity contribution >= 4 is 23.6 Å². The highest BCUT2D eigenvalue weighted by Crippen LogP contribution is 2.30. The van der Waals surface area contributed by atoms with Gasteiger partial charge in [0.2, 0.25) is 0 Å². The summed E-state index contributed by atoms with van der Waals surface area (Å²) in [6, 6.07) is 3.38. The number of halogens is 5. The number of ether oxygens (including phenoxy) is 2. The minimum Gasteiger partial charge on any atom is -0.487 e. The molecule has 0 radical (unpaired) electrons. The first-order valence-corrected chi connectivity index (χ1v) is 13.6. The number of carbonyl (C=O) groups is 2. The van der Waals surface area contributed by atoms with Crippen LogP contribution in [0.2, 0.25) is 0 Å². The molecular weight excluding hydrogens is 583 g/mol. The van der Waals surface area contributed by atoms with Gasteiger partial charge in [-0.25, -0.2) is 28.3 Å². The summed E-state index contributed by atoms with van der Waals surface area (Å²) in [7, 11) is 1.60. The number of aliphatic carboxylic acids is 1. The Morgan fingerprint density at radius 3 is 2.37 bits per heavy atom. The van der Waals surface area contributed by atoms with Gasteiger partial charge in [-0.05, 0) is 26.0 Å². The predicted molar refractivity (Wildman–Crippen MR) is 146 cm³/mol. The summed E-state index contributed by atoms with van der Waals surface area (Å²) < 4.78 is 69.7. The molecule has 3 heterocycles.